The van der Waals surface area contributed by atoms with E-state index in [1.807, 2.05) is 0 Å². The van der Waals surface area contributed by atoms with E-state index in [0.29, 0.717) is 12.6 Å². The number of nitrogens with two attached hydrogens (primary N) is 2. The smallest absolute Gasteiger partial charge is 0.219 e. The van der Waals surface area contributed by atoms with Gasteiger partial charge in [0.1, 0.15) is 0 Å². The first-order chi connectivity index (χ1) is 12.2. The zero-order valence-corrected chi connectivity index (χ0v) is 15.0. The molecule has 6 nitrogen and oxygen atoms in total. The highest BCUT2D eigenvalue weighted by atomic mass is 15.6. The number of benzene rings is 1. The van der Waals surface area contributed by atoms with E-state index in [9.17, 15) is 0 Å². The Hall–Kier alpha value is -1.79. The van der Waals surface area contributed by atoms with E-state index in [4.69, 9.17) is 16.6 Å². The number of piperidine rings is 1. The van der Waals surface area contributed by atoms with E-state index in [1.165, 1.54) is 24.0 Å². The summed E-state index contributed by atoms with van der Waals surface area (Å²) in [4.78, 5) is 4.85. The summed E-state index contributed by atoms with van der Waals surface area (Å²) in [7, 11) is 0. The highest BCUT2D eigenvalue weighted by molar-refractivity contribution is 5.81. The maximum absolute atomic E-state index is 6.24. The molecule has 0 saturated carbocycles. The van der Waals surface area contributed by atoms with Gasteiger partial charge in [-0.05, 0) is 36.8 Å². The van der Waals surface area contributed by atoms with Crippen molar-refractivity contribution in [2.24, 2.45) is 16.6 Å². The molecular weight excluding hydrogens is 312 g/mol. The molecule has 2 unspecified atom stereocenters. The number of guanidine groups is 1. The van der Waals surface area contributed by atoms with Crippen LogP contribution in [0.1, 0.15) is 36.8 Å². The van der Waals surface area contributed by atoms with Gasteiger partial charge in [0.2, 0.25) is 5.96 Å². The molecule has 2 saturated heterocycles. The molecule has 4 N–H and O–H groups in total. The number of hydrogen-bond acceptors (Lipinski definition) is 6. The first-order valence-corrected chi connectivity index (χ1v) is 9.62. The average Bonchev–Trinajstić information content (AvgIpc) is 3.09. The lowest BCUT2D eigenvalue weighted by molar-refractivity contribution is 0.152. The van der Waals surface area contributed by atoms with Crippen LogP contribution in [0.3, 0.4) is 0 Å². The summed E-state index contributed by atoms with van der Waals surface area (Å²) in [5, 5.41) is 7.36. The summed E-state index contributed by atoms with van der Waals surface area (Å²) in [5.41, 5.74) is 14.7. The standard InChI is InChI=1S/C19H30N6/c20-11-15-5-1-2-6-16(15)12-24-14-18-8-4-10-25(18)22-19(24)23-9-3-7-17(21)13-23/h1-2,5-6,17-18H,3-4,7-14,20-21H2. The Bertz CT molecular complexity index is 630. The van der Waals surface area contributed by atoms with Crippen molar-refractivity contribution < 1.29 is 0 Å². The second kappa shape index (κ2) is 7.22. The first kappa shape index (κ1) is 16.7. The second-order valence-corrected chi connectivity index (χ2v) is 7.56. The van der Waals surface area contributed by atoms with Gasteiger partial charge >= 0.3 is 0 Å². The van der Waals surface area contributed by atoms with Gasteiger partial charge in [0, 0.05) is 45.3 Å². The minimum Gasteiger partial charge on any atom is -0.340 e. The molecule has 25 heavy (non-hydrogen) atoms. The summed E-state index contributed by atoms with van der Waals surface area (Å²) < 4.78 is 0. The lowest BCUT2D eigenvalue weighted by Gasteiger charge is -2.44. The molecule has 3 aliphatic rings. The predicted molar refractivity (Wildman–Crippen MR) is 101 cm³/mol. The Morgan fingerprint density at radius 1 is 1.04 bits per heavy atom. The van der Waals surface area contributed by atoms with Crippen LogP contribution in [0.2, 0.25) is 0 Å². The molecule has 4 rings (SSSR count). The lowest BCUT2D eigenvalue weighted by Crippen LogP contribution is -2.57. The van der Waals surface area contributed by atoms with Gasteiger partial charge in [0.05, 0.1) is 6.04 Å². The number of fused-ring (bicyclic) bond motifs is 1. The molecule has 1 aromatic rings. The lowest BCUT2D eigenvalue weighted by atomic mass is 10.1. The van der Waals surface area contributed by atoms with Gasteiger partial charge in [-0.2, -0.15) is 0 Å². The van der Waals surface area contributed by atoms with E-state index in [0.717, 1.165) is 51.5 Å². The molecule has 0 bridgehead atoms. The van der Waals surface area contributed by atoms with Crippen molar-refractivity contribution in [3.05, 3.63) is 35.4 Å². The van der Waals surface area contributed by atoms with Gasteiger partial charge < -0.3 is 21.3 Å². The molecule has 0 spiro atoms. The molecule has 2 fully saturated rings. The molecule has 6 heteroatoms. The number of rotatable bonds is 3. The van der Waals surface area contributed by atoms with Crippen LogP contribution in [-0.2, 0) is 13.1 Å². The number of nitrogens with zero attached hydrogens (tertiary/aromatic N) is 4. The van der Waals surface area contributed by atoms with Gasteiger partial charge in [0.25, 0.3) is 0 Å². The molecule has 0 radical (unpaired) electrons. The number of likely N-dealkylation sites (tertiary alicyclic amines) is 1. The summed E-state index contributed by atoms with van der Waals surface area (Å²) in [5.74, 6) is 1.11. The van der Waals surface area contributed by atoms with Crippen molar-refractivity contribution >= 4 is 5.96 Å². The van der Waals surface area contributed by atoms with Gasteiger partial charge in [-0.1, -0.05) is 24.3 Å². The largest absolute Gasteiger partial charge is 0.340 e. The molecule has 0 amide bonds. The molecule has 2 atom stereocenters. The van der Waals surface area contributed by atoms with Gasteiger partial charge in [-0.15, -0.1) is 5.10 Å². The van der Waals surface area contributed by atoms with Crippen LogP contribution in [-0.4, -0.2) is 59.0 Å². The Balaban J connectivity index is 1.60. The summed E-state index contributed by atoms with van der Waals surface area (Å²) >= 11 is 0. The van der Waals surface area contributed by atoms with Crippen LogP contribution in [0.5, 0.6) is 0 Å². The van der Waals surface area contributed by atoms with Crippen molar-refractivity contribution in [1.29, 1.82) is 0 Å². The van der Waals surface area contributed by atoms with Crippen molar-refractivity contribution in [2.75, 3.05) is 26.2 Å². The fourth-order valence-corrected chi connectivity index (χ4v) is 4.36. The second-order valence-electron chi connectivity index (χ2n) is 7.56. The fraction of sp³-hybridized carbons (Fsp3) is 0.632. The van der Waals surface area contributed by atoms with Crippen LogP contribution in [0.4, 0.5) is 0 Å². The zero-order valence-electron chi connectivity index (χ0n) is 15.0. The van der Waals surface area contributed by atoms with Gasteiger partial charge in [-0.3, -0.25) is 5.01 Å². The van der Waals surface area contributed by atoms with E-state index in [1.54, 1.807) is 0 Å². The molecule has 3 aliphatic heterocycles. The number of hydrazone groups is 1. The third kappa shape index (κ3) is 3.46. The molecular formula is C19H30N6. The Morgan fingerprint density at radius 2 is 1.84 bits per heavy atom. The zero-order chi connectivity index (χ0) is 17.2. The van der Waals surface area contributed by atoms with Crippen LogP contribution in [0.25, 0.3) is 0 Å². The SMILES string of the molecule is NCc1ccccc1CN1CC2CCCN2N=C1N1CCCC(N)C1. The van der Waals surface area contributed by atoms with Crippen molar-refractivity contribution in [3.8, 4) is 0 Å². The quantitative estimate of drug-likeness (QED) is 0.861. The van der Waals surface area contributed by atoms with Crippen LogP contribution < -0.4 is 11.5 Å². The maximum Gasteiger partial charge on any atom is 0.219 e. The highest BCUT2D eigenvalue weighted by Gasteiger charge is 2.35. The van der Waals surface area contributed by atoms with Crippen LogP contribution in [0.15, 0.2) is 29.4 Å². The minimum absolute atomic E-state index is 0.255. The summed E-state index contributed by atoms with van der Waals surface area (Å²) in [6.07, 6.45) is 4.75. The summed E-state index contributed by atoms with van der Waals surface area (Å²) in [6, 6.07) is 9.31. The average molecular weight is 342 g/mol. The van der Waals surface area contributed by atoms with Crippen molar-refractivity contribution in [3.63, 3.8) is 0 Å². The number of hydrogen-bond donors (Lipinski definition) is 2. The third-order valence-electron chi connectivity index (χ3n) is 5.72. The Kier molecular flexibility index (Phi) is 4.81. The van der Waals surface area contributed by atoms with E-state index < -0.39 is 0 Å². The molecule has 1 aromatic carbocycles. The normalized spacial score (nSPS) is 26.6. The maximum atomic E-state index is 6.24. The van der Waals surface area contributed by atoms with Gasteiger partial charge in [0.15, 0.2) is 0 Å². The van der Waals surface area contributed by atoms with Crippen molar-refractivity contribution in [1.82, 2.24) is 14.8 Å². The molecule has 0 aliphatic carbocycles. The van der Waals surface area contributed by atoms with Crippen molar-refractivity contribution in [2.45, 2.75) is 50.9 Å². The van der Waals surface area contributed by atoms with E-state index >= 15 is 0 Å². The van der Waals surface area contributed by atoms with E-state index in [2.05, 4.69) is 39.1 Å². The predicted octanol–water partition coefficient (Wildman–Crippen LogP) is 1.12. The monoisotopic (exact) mass is 342 g/mol. The van der Waals surface area contributed by atoms with Crippen LogP contribution in [0, 0.1) is 0 Å². The first-order valence-electron chi connectivity index (χ1n) is 9.62. The third-order valence-corrected chi connectivity index (χ3v) is 5.72. The molecule has 136 valence electrons. The molecule has 0 aromatic heterocycles. The molecule has 3 heterocycles. The van der Waals surface area contributed by atoms with Gasteiger partial charge in [-0.25, -0.2) is 0 Å². The highest BCUT2D eigenvalue weighted by Crippen LogP contribution is 2.26. The Labute approximate surface area is 150 Å². The summed E-state index contributed by atoms with van der Waals surface area (Å²) in [6.45, 7) is 5.56. The Morgan fingerprint density at radius 3 is 2.64 bits per heavy atom. The topological polar surface area (TPSA) is 74.1 Å². The minimum atomic E-state index is 0.255. The fourth-order valence-electron chi connectivity index (χ4n) is 4.36. The van der Waals surface area contributed by atoms with Crippen LogP contribution >= 0.6 is 0 Å². The van der Waals surface area contributed by atoms with E-state index in [-0.39, 0.29) is 6.04 Å².